The van der Waals surface area contributed by atoms with Crippen molar-refractivity contribution in [3.05, 3.63) is 36.1 Å². The average Bonchev–Trinajstić information content (AvgIpc) is 2.90. The highest BCUT2D eigenvalue weighted by Gasteiger charge is 2.51. The van der Waals surface area contributed by atoms with Gasteiger partial charge in [0.05, 0.1) is 7.11 Å². The molecule has 1 fully saturated rings. The second kappa shape index (κ2) is 6.73. The van der Waals surface area contributed by atoms with E-state index >= 15 is 0 Å². The molecule has 0 radical (unpaired) electrons. The minimum absolute atomic E-state index is 0.541. The second-order valence-electron chi connectivity index (χ2n) is 5.07. The highest BCUT2D eigenvalue weighted by molar-refractivity contribution is 5.64. The third-order valence-corrected chi connectivity index (χ3v) is 4.02. The van der Waals surface area contributed by atoms with Crippen LogP contribution >= 0.6 is 0 Å². The van der Waals surface area contributed by atoms with Crippen molar-refractivity contribution in [3.8, 4) is 11.5 Å². The molecule has 0 N–H and O–H groups in total. The summed E-state index contributed by atoms with van der Waals surface area (Å²) in [5.74, 6) is 1.73. The zero-order valence-electron chi connectivity index (χ0n) is 13.4. The molecule has 5 nitrogen and oxygen atoms in total. The number of rotatable bonds is 6. The van der Waals surface area contributed by atoms with E-state index in [9.17, 15) is 4.79 Å². The lowest BCUT2D eigenvalue weighted by atomic mass is 9.89. The Morgan fingerprint density at radius 3 is 2.45 bits per heavy atom. The molecule has 1 aromatic carbocycles. The Morgan fingerprint density at radius 1 is 1.27 bits per heavy atom. The van der Waals surface area contributed by atoms with Gasteiger partial charge in [0.15, 0.2) is 17.1 Å². The van der Waals surface area contributed by atoms with Crippen molar-refractivity contribution in [2.75, 3.05) is 7.11 Å². The quantitative estimate of drug-likeness (QED) is 0.585. The third kappa shape index (κ3) is 2.89. The molecular weight excluding hydrogens is 284 g/mol. The first kappa shape index (κ1) is 16.2. The molecule has 0 spiro atoms. The van der Waals surface area contributed by atoms with Gasteiger partial charge >= 0.3 is 6.16 Å². The van der Waals surface area contributed by atoms with Gasteiger partial charge in [-0.3, -0.25) is 0 Å². The Labute approximate surface area is 130 Å². The zero-order valence-corrected chi connectivity index (χ0v) is 13.4. The van der Waals surface area contributed by atoms with Gasteiger partial charge in [0, 0.05) is 0 Å². The minimum atomic E-state index is -0.694. The average molecular weight is 306 g/mol. The largest absolute Gasteiger partial charge is 0.509 e. The van der Waals surface area contributed by atoms with Gasteiger partial charge in [-0.2, -0.15) is 0 Å². The maximum atomic E-state index is 11.6. The Kier molecular flexibility index (Phi) is 4.96. The van der Waals surface area contributed by atoms with Crippen molar-refractivity contribution < 1.29 is 23.7 Å². The van der Waals surface area contributed by atoms with Crippen LogP contribution in [0.3, 0.4) is 0 Å². The summed E-state index contributed by atoms with van der Waals surface area (Å²) in [4.78, 5) is 11.6. The lowest BCUT2D eigenvalue weighted by molar-refractivity contribution is 0.0219. The lowest BCUT2D eigenvalue weighted by Gasteiger charge is -2.29. The van der Waals surface area contributed by atoms with Gasteiger partial charge in [-0.25, -0.2) is 4.79 Å². The van der Waals surface area contributed by atoms with Crippen LogP contribution in [-0.4, -0.2) is 25.0 Å². The van der Waals surface area contributed by atoms with Crippen LogP contribution in [0.25, 0.3) is 0 Å². The molecule has 0 amide bonds. The fourth-order valence-electron chi connectivity index (χ4n) is 2.62. The van der Waals surface area contributed by atoms with Gasteiger partial charge in [0.2, 0.25) is 6.10 Å². The summed E-state index contributed by atoms with van der Waals surface area (Å²) >= 11 is 0. The molecule has 1 aromatic rings. The Morgan fingerprint density at radius 2 is 1.91 bits per heavy atom. The number of hydrogen-bond acceptors (Lipinski definition) is 5. The molecule has 1 aliphatic heterocycles. The lowest BCUT2D eigenvalue weighted by Crippen LogP contribution is -2.41. The number of ether oxygens (including phenoxy) is 4. The van der Waals surface area contributed by atoms with Gasteiger partial charge < -0.3 is 18.9 Å². The van der Waals surface area contributed by atoms with Gasteiger partial charge in [-0.15, -0.1) is 0 Å². The maximum Gasteiger partial charge on any atom is 0.509 e. The van der Waals surface area contributed by atoms with Crippen molar-refractivity contribution in [1.82, 2.24) is 0 Å². The molecule has 0 aliphatic carbocycles. The molecule has 120 valence electrons. The highest BCUT2D eigenvalue weighted by Crippen LogP contribution is 2.39. The summed E-state index contributed by atoms with van der Waals surface area (Å²) < 4.78 is 22.0. The predicted molar refractivity (Wildman–Crippen MR) is 82.0 cm³/mol. The summed E-state index contributed by atoms with van der Waals surface area (Å²) in [5, 5.41) is 0. The Bertz CT molecular complexity index is 560. The van der Waals surface area contributed by atoms with Gasteiger partial charge in [-0.05, 0) is 38.0 Å². The summed E-state index contributed by atoms with van der Waals surface area (Å²) in [6.07, 6.45) is 1.86. The molecule has 0 saturated carbocycles. The van der Waals surface area contributed by atoms with Crippen molar-refractivity contribution in [3.63, 3.8) is 0 Å². The van der Waals surface area contributed by atoms with E-state index in [-0.39, 0.29) is 0 Å². The van der Waals surface area contributed by atoms with Gasteiger partial charge in [0.25, 0.3) is 0 Å². The first-order valence-corrected chi connectivity index (χ1v) is 7.46. The number of methoxy groups -OCH3 is 1. The number of para-hydroxylation sites is 2. The van der Waals surface area contributed by atoms with Crippen LogP contribution in [0.1, 0.15) is 33.6 Å². The molecular formula is C17H22O5. The first-order chi connectivity index (χ1) is 10.6. The van der Waals surface area contributed by atoms with Crippen LogP contribution in [0.15, 0.2) is 36.1 Å². The first-order valence-electron chi connectivity index (χ1n) is 7.46. The molecule has 0 aromatic heterocycles. The third-order valence-electron chi connectivity index (χ3n) is 4.02. The minimum Gasteiger partial charge on any atom is -0.493 e. The molecule has 0 bridgehead atoms. The fourth-order valence-corrected chi connectivity index (χ4v) is 2.62. The number of allylic oxidation sites excluding steroid dienone is 1. The molecule has 1 atom stereocenters. The van der Waals surface area contributed by atoms with Crippen LogP contribution in [-0.2, 0) is 9.47 Å². The molecule has 5 heteroatoms. The van der Waals surface area contributed by atoms with Crippen LogP contribution < -0.4 is 9.47 Å². The van der Waals surface area contributed by atoms with E-state index in [2.05, 4.69) is 0 Å². The molecule has 22 heavy (non-hydrogen) atoms. The maximum absolute atomic E-state index is 11.6. The normalized spacial score (nSPS) is 20.3. The molecule has 1 saturated heterocycles. The summed E-state index contributed by atoms with van der Waals surface area (Å²) in [6, 6.07) is 7.34. The van der Waals surface area contributed by atoms with Gasteiger partial charge in [-0.1, -0.05) is 26.0 Å². The van der Waals surface area contributed by atoms with Crippen LogP contribution in [0.4, 0.5) is 4.79 Å². The van der Waals surface area contributed by atoms with E-state index in [1.54, 1.807) is 19.3 Å². The van der Waals surface area contributed by atoms with E-state index in [0.717, 1.165) is 0 Å². The van der Waals surface area contributed by atoms with Crippen molar-refractivity contribution >= 4 is 6.16 Å². The molecule has 1 aliphatic rings. The van der Waals surface area contributed by atoms with Crippen LogP contribution in [0.5, 0.6) is 11.5 Å². The van der Waals surface area contributed by atoms with Crippen molar-refractivity contribution in [2.45, 2.75) is 45.3 Å². The summed E-state index contributed by atoms with van der Waals surface area (Å²) in [7, 11) is 1.58. The predicted octanol–water partition coefficient (Wildman–Crippen LogP) is 4.07. The fraction of sp³-hybridized carbons (Fsp3) is 0.471. The Balaban J connectivity index is 2.30. The molecule has 1 heterocycles. The monoisotopic (exact) mass is 306 g/mol. The smallest absolute Gasteiger partial charge is 0.493 e. The molecule has 0 unspecified atom stereocenters. The van der Waals surface area contributed by atoms with E-state index in [4.69, 9.17) is 18.9 Å². The van der Waals surface area contributed by atoms with Crippen molar-refractivity contribution in [1.29, 1.82) is 0 Å². The standard InChI is InChI=1S/C17H22O5/c1-5-12(20-14-11-9-8-10-13(14)19-4)15-17(6-2,7-3)22-16(18)21-15/h5,8-11,15H,6-7H2,1-4H3/b12-5+/t15-/m0/s1. The number of carbonyl (C=O) groups is 1. The van der Waals surface area contributed by atoms with Crippen LogP contribution in [0.2, 0.25) is 0 Å². The van der Waals surface area contributed by atoms with E-state index < -0.39 is 17.9 Å². The van der Waals surface area contributed by atoms with Crippen LogP contribution in [0, 0.1) is 0 Å². The summed E-state index contributed by atoms with van der Waals surface area (Å²) in [6.45, 7) is 5.77. The SMILES string of the molecule is C/C=C(/Oc1ccccc1OC)[C@@H]1OC(=O)OC1(CC)CC. The number of benzene rings is 1. The highest BCUT2D eigenvalue weighted by atomic mass is 16.8. The topological polar surface area (TPSA) is 54.0 Å². The number of hydrogen-bond donors (Lipinski definition) is 0. The van der Waals surface area contributed by atoms with Gasteiger partial charge in [0.1, 0.15) is 5.76 Å². The number of carbonyl (C=O) groups excluding carboxylic acids is 1. The van der Waals surface area contributed by atoms with E-state index in [1.165, 1.54) is 0 Å². The van der Waals surface area contributed by atoms with E-state index in [1.807, 2.05) is 39.0 Å². The second-order valence-corrected chi connectivity index (χ2v) is 5.07. The summed E-state index contributed by atoms with van der Waals surface area (Å²) in [5.41, 5.74) is -0.694. The Hall–Kier alpha value is -2.17. The zero-order chi connectivity index (χ0) is 16.2. The molecule has 2 rings (SSSR count). The van der Waals surface area contributed by atoms with E-state index in [0.29, 0.717) is 30.1 Å². The van der Waals surface area contributed by atoms with Crippen molar-refractivity contribution in [2.24, 2.45) is 0 Å². The number of cyclic esters (lactones) is 2.